The van der Waals surface area contributed by atoms with Gasteiger partial charge in [-0.25, -0.2) is 4.39 Å². The van der Waals surface area contributed by atoms with Crippen molar-refractivity contribution in [2.24, 2.45) is 0 Å². The van der Waals surface area contributed by atoms with E-state index in [0.29, 0.717) is 25.3 Å². The molecule has 6 heteroatoms. The highest BCUT2D eigenvalue weighted by Gasteiger charge is 2.20. The molecule has 1 aromatic rings. The molecular weight excluding hydrogens is 224 g/mol. The first-order chi connectivity index (χ1) is 8.18. The van der Waals surface area contributed by atoms with E-state index >= 15 is 0 Å². The third-order valence-electron chi connectivity index (χ3n) is 2.88. The molecular formula is C11H15BFNO3. The molecule has 1 heterocycles. The smallest absolute Gasteiger partial charge is 0.423 e. The molecule has 1 aliphatic heterocycles. The number of hydrogen-bond acceptors (Lipinski definition) is 4. The van der Waals surface area contributed by atoms with Crippen molar-refractivity contribution in [3.05, 3.63) is 29.6 Å². The van der Waals surface area contributed by atoms with Crippen molar-refractivity contribution < 1.29 is 19.2 Å². The number of rotatable bonds is 3. The molecule has 0 unspecified atom stereocenters. The van der Waals surface area contributed by atoms with Gasteiger partial charge in [-0.1, -0.05) is 18.2 Å². The molecule has 1 saturated heterocycles. The molecule has 0 aromatic heterocycles. The lowest BCUT2D eigenvalue weighted by Crippen LogP contribution is -2.37. The van der Waals surface area contributed by atoms with Crippen LogP contribution >= 0.6 is 0 Å². The lowest BCUT2D eigenvalue weighted by molar-refractivity contribution is 0.0337. The van der Waals surface area contributed by atoms with Gasteiger partial charge in [0.15, 0.2) is 0 Å². The fourth-order valence-corrected chi connectivity index (χ4v) is 1.92. The van der Waals surface area contributed by atoms with Crippen molar-refractivity contribution >= 4 is 12.6 Å². The van der Waals surface area contributed by atoms with Crippen LogP contribution in [-0.2, 0) is 11.3 Å². The van der Waals surface area contributed by atoms with E-state index in [-0.39, 0.29) is 5.46 Å². The summed E-state index contributed by atoms with van der Waals surface area (Å²) in [4.78, 5) is 2.08. The van der Waals surface area contributed by atoms with E-state index < -0.39 is 12.9 Å². The maximum atomic E-state index is 13.9. The minimum atomic E-state index is -1.76. The molecule has 4 nitrogen and oxygen atoms in total. The second-order valence-corrected chi connectivity index (χ2v) is 4.08. The summed E-state index contributed by atoms with van der Waals surface area (Å²) in [5.74, 6) is -0.533. The summed E-state index contributed by atoms with van der Waals surface area (Å²) in [6.45, 7) is 3.32. The molecule has 0 aliphatic carbocycles. The van der Waals surface area contributed by atoms with E-state index in [1.807, 2.05) is 0 Å². The minimum absolute atomic E-state index is 0.0734. The molecule has 0 radical (unpaired) electrons. The predicted octanol–water partition coefficient (Wildman–Crippen LogP) is -0.662. The first kappa shape index (κ1) is 12.5. The Kier molecular flexibility index (Phi) is 4.12. The largest absolute Gasteiger partial charge is 0.491 e. The molecule has 0 amide bonds. The van der Waals surface area contributed by atoms with Crippen molar-refractivity contribution in [3.63, 3.8) is 0 Å². The highest BCUT2D eigenvalue weighted by molar-refractivity contribution is 6.58. The van der Waals surface area contributed by atoms with Crippen LogP contribution in [0.5, 0.6) is 0 Å². The third-order valence-corrected chi connectivity index (χ3v) is 2.88. The fraction of sp³-hybridized carbons (Fsp3) is 0.455. The van der Waals surface area contributed by atoms with E-state index in [0.717, 1.165) is 13.1 Å². The van der Waals surface area contributed by atoms with Gasteiger partial charge in [0.05, 0.1) is 13.2 Å². The average Bonchev–Trinajstić information content (AvgIpc) is 2.33. The lowest BCUT2D eigenvalue weighted by Gasteiger charge is -2.26. The summed E-state index contributed by atoms with van der Waals surface area (Å²) in [5.41, 5.74) is 0.410. The molecule has 0 bridgehead atoms. The van der Waals surface area contributed by atoms with Crippen LogP contribution < -0.4 is 5.46 Å². The van der Waals surface area contributed by atoms with Gasteiger partial charge < -0.3 is 14.8 Å². The van der Waals surface area contributed by atoms with E-state index in [1.165, 1.54) is 6.07 Å². The predicted molar refractivity (Wildman–Crippen MR) is 62.3 cm³/mol. The van der Waals surface area contributed by atoms with Crippen molar-refractivity contribution in [1.82, 2.24) is 4.90 Å². The van der Waals surface area contributed by atoms with Crippen molar-refractivity contribution in [2.45, 2.75) is 6.54 Å². The lowest BCUT2D eigenvalue weighted by atomic mass is 9.79. The Morgan fingerprint density at radius 1 is 1.29 bits per heavy atom. The van der Waals surface area contributed by atoms with Crippen molar-refractivity contribution in [2.75, 3.05) is 26.3 Å². The monoisotopic (exact) mass is 239 g/mol. The molecule has 0 spiro atoms. The maximum absolute atomic E-state index is 13.9. The Morgan fingerprint density at radius 2 is 2.00 bits per heavy atom. The summed E-state index contributed by atoms with van der Waals surface area (Å²) in [6, 6.07) is 4.67. The van der Waals surface area contributed by atoms with Gasteiger partial charge >= 0.3 is 7.12 Å². The van der Waals surface area contributed by atoms with Crippen LogP contribution in [0.3, 0.4) is 0 Å². The molecule has 17 heavy (non-hydrogen) atoms. The summed E-state index contributed by atoms with van der Waals surface area (Å²) in [6.07, 6.45) is 0. The first-order valence-corrected chi connectivity index (χ1v) is 5.62. The zero-order valence-electron chi connectivity index (χ0n) is 9.47. The van der Waals surface area contributed by atoms with Gasteiger partial charge in [0.25, 0.3) is 0 Å². The zero-order valence-corrected chi connectivity index (χ0v) is 9.47. The van der Waals surface area contributed by atoms with Gasteiger partial charge in [-0.05, 0) is 0 Å². The average molecular weight is 239 g/mol. The molecule has 0 atom stereocenters. The topological polar surface area (TPSA) is 52.9 Å². The van der Waals surface area contributed by atoms with Crippen molar-refractivity contribution in [3.8, 4) is 0 Å². The Morgan fingerprint density at radius 3 is 2.65 bits per heavy atom. The molecule has 0 saturated carbocycles. The Labute approximate surface area is 99.8 Å². The number of ether oxygens (including phenoxy) is 1. The summed E-state index contributed by atoms with van der Waals surface area (Å²) < 4.78 is 19.1. The van der Waals surface area contributed by atoms with Gasteiger partial charge in [0, 0.05) is 30.7 Å². The third kappa shape index (κ3) is 3.04. The molecule has 2 N–H and O–H groups in total. The highest BCUT2D eigenvalue weighted by atomic mass is 19.1. The molecule has 92 valence electrons. The van der Waals surface area contributed by atoms with Gasteiger partial charge in [0.2, 0.25) is 0 Å². The summed E-state index contributed by atoms with van der Waals surface area (Å²) in [5, 5.41) is 18.0. The van der Waals surface area contributed by atoms with Crippen LogP contribution in [0.1, 0.15) is 5.56 Å². The van der Waals surface area contributed by atoms with Crippen LogP contribution in [0.2, 0.25) is 0 Å². The second-order valence-electron chi connectivity index (χ2n) is 4.08. The van der Waals surface area contributed by atoms with Crippen LogP contribution in [-0.4, -0.2) is 48.4 Å². The number of hydrogen-bond donors (Lipinski definition) is 2. The summed E-state index contributed by atoms with van der Waals surface area (Å²) >= 11 is 0. The van der Waals surface area contributed by atoms with Crippen LogP contribution in [0, 0.1) is 5.82 Å². The molecule has 1 fully saturated rings. The van der Waals surface area contributed by atoms with Gasteiger partial charge in [-0.15, -0.1) is 0 Å². The minimum Gasteiger partial charge on any atom is -0.423 e. The number of nitrogens with zero attached hydrogens (tertiary/aromatic N) is 1. The van der Waals surface area contributed by atoms with Crippen LogP contribution in [0.15, 0.2) is 18.2 Å². The molecule has 1 aliphatic rings. The molecule has 1 aromatic carbocycles. The number of morpholine rings is 1. The van der Waals surface area contributed by atoms with Crippen LogP contribution in [0.25, 0.3) is 0 Å². The van der Waals surface area contributed by atoms with E-state index in [1.54, 1.807) is 12.1 Å². The highest BCUT2D eigenvalue weighted by Crippen LogP contribution is 2.10. The van der Waals surface area contributed by atoms with Crippen LogP contribution in [0.4, 0.5) is 4.39 Å². The van der Waals surface area contributed by atoms with Gasteiger partial charge in [0.1, 0.15) is 5.82 Å². The standard InChI is InChI=1S/C11H15BFNO3/c13-11-9(2-1-3-10(11)12(15)16)8-14-4-6-17-7-5-14/h1-3,15-16H,4-8H2. The Bertz CT molecular complexity index is 383. The van der Waals surface area contributed by atoms with Crippen molar-refractivity contribution in [1.29, 1.82) is 0 Å². The second kappa shape index (κ2) is 5.60. The summed E-state index contributed by atoms with van der Waals surface area (Å²) in [7, 11) is -1.76. The quantitative estimate of drug-likeness (QED) is 0.687. The van der Waals surface area contributed by atoms with Gasteiger partial charge in [-0.2, -0.15) is 0 Å². The van der Waals surface area contributed by atoms with E-state index in [9.17, 15) is 4.39 Å². The Hall–Kier alpha value is -0.945. The first-order valence-electron chi connectivity index (χ1n) is 5.62. The zero-order chi connectivity index (χ0) is 12.3. The number of benzene rings is 1. The SMILES string of the molecule is OB(O)c1cccc(CN2CCOCC2)c1F. The van der Waals surface area contributed by atoms with E-state index in [2.05, 4.69) is 4.90 Å². The normalized spacial score (nSPS) is 17.1. The fourth-order valence-electron chi connectivity index (χ4n) is 1.92. The van der Waals surface area contributed by atoms with E-state index in [4.69, 9.17) is 14.8 Å². The Balaban J connectivity index is 2.12. The number of halogens is 1. The molecule has 2 rings (SSSR count). The maximum Gasteiger partial charge on any atom is 0.491 e. The van der Waals surface area contributed by atoms with Gasteiger partial charge in [-0.3, -0.25) is 4.90 Å².